The quantitative estimate of drug-likeness (QED) is 0.843. The molecule has 0 heterocycles. The van der Waals surface area contributed by atoms with Gasteiger partial charge in [0.05, 0.1) is 7.11 Å². The summed E-state index contributed by atoms with van der Waals surface area (Å²) < 4.78 is 5.19. The summed E-state index contributed by atoms with van der Waals surface area (Å²) in [6.45, 7) is 10.8. The fourth-order valence-corrected chi connectivity index (χ4v) is 1.57. The van der Waals surface area contributed by atoms with E-state index in [2.05, 4.69) is 45.1 Å². The van der Waals surface area contributed by atoms with Gasteiger partial charge in [-0.2, -0.15) is 0 Å². The summed E-state index contributed by atoms with van der Waals surface area (Å²) in [6.07, 6.45) is 0. The first-order valence-electron chi connectivity index (χ1n) is 5.76. The minimum absolute atomic E-state index is 0.334. The van der Waals surface area contributed by atoms with Crippen LogP contribution in [0.15, 0.2) is 18.2 Å². The van der Waals surface area contributed by atoms with Crippen LogP contribution in [0.1, 0.15) is 31.9 Å². The van der Waals surface area contributed by atoms with Crippen LogP contribution < -0.4 is 10.1 Å². The Labute approximate surface area is 99.0 Å². The predicted molar refractivity (Wildman–Crippen MR) is 68.9 cm³/mol. The maximum atomic E-state index is 5.19. The Kier molecular flexibility index (Phi) is 4.36. The first-order chi connectivity index (χ1) is 7.42. The molecule has 0 fully saturated rings. The number of hydrogen-bond acceptors (Lipinski definition) is 2. The minimum Gasteiger partial charge on any atom is -0.497 e. The second kappa shape index (κ2) is 5.35. The zero-order chi connectivity index (χ0) is 12.2. The van der Waals surface area contributed by atoms with Crippen LogP contribution in [0.5, 0.6) is 5.75 Å². The zero-order valence-electron chi connectivity index (χ0n) is 11.1. The monoisotopic (exact) mass is 221 g/mol. The zero-order valence-corrected chi connectivity index (χ0v) is 11.1. The number of ether oxygens (including phenoxy) is 1. The molecule has 0 unspecified atom stereocenters. The van der Waals surface area contributed by atoms with Gasteiger partial charge in [-0.1, -0.05) is 26.8 Å². The molecule has 0 amide bonds. The second-order valence-corrected chi connectivity index (χ2v) is 5.46. The van der Waals surface area contributed by atoms with E-state index in [1.807, 2.05) is 6.07 Å². The molecule has 2 heteroatoms. The molecule has 16 heavy (non-hydrogen) atoms. The van der Waals surface area contributed by atoms with Gasteiger partial charge < -0.3 is 10.1 Å². The van der Waals surface area contributed by atoms with Crippen molar-refractivity contribution in [2.24, 2.45) is 5.41 Å². The Hall–Kier alpha value is -1.02. The summed E-state index contributed by atoms with van der Waals surface area (Å²) in [5, 5.41) is 3.48. The Morgan fingerprint density at radius 3 is 2.44 bits per heavy atom. The lowest BCUT2D eigenvalue weighted by Crippen LogP contribution is -2.26. The molecule has 1 N–H and O–H groups in total. The molecule has 0 spiro atoms. The lowest BCUT2D eigenvalue weighted by atomic mass is 9.97. The summed E-state index contributed by atoms with van der Waals surface area (Å²) in [5.74, 6) is 0.928. The Balaban J connectivity index is 2.55. The first-order valence-corrected chi connectivity index (χ1v) is 5.76. The largest absolute Gasteiger partial charge is 0.497 e. The first kappa shape index (κ1) is 13.0. The molecule has 0 bridgehead atoms. The van der Waals surface area contributed by atoms with Gasteiger partial charge in [0.15, 0.2) is 0 Å². The van der Waals surface area contributed by atoms with E-state index in [1.54, 1.807) is 7.11 Å². The molecule has 0 saturated carbocycles. The summed E-state index contributed by atoms with van der Waals surface area (Å²) in [4.78, 5) is 0. The number of hydrogen-bond donors (Lipinski definition) is 1. The van der Waals surface area contributed by atoms with Crippen LogP contribution in [0.4, 0.5) is 0 Å². The average molecular weight is 221 g/mol. The lowest BCUT2D eigenvalue weighted by molar-refractivity contribution is 0.379. The van der Waals surface area contributed by atoms with Crippen molar-refractivity contribution in [1.29, 1.82) is 0 Å². The van der Waals surface area contributed by atoms with Crippen LogP contribution in [0.2, 0.25) is 0 Å². The molecule has 0 aliphatic rings. The normalized spacial score (nSPS) is 11.6. The van der Waals surface area contributed by atoms with Crippen molar-refractivity contribution in [3.63, 3.8) is 0 Å². The van der Waals surface area contributed by atoms with Crippen LogP contribution in [-0.4, -0.2) is 13.7 Å². The van der Waals surface area contributed by atoms with Gasteiger partial charge in [-0.15, -0.1) is 0 Å². The Bertz CT molecular complexity index is 339. The molecule has 90 valence electrons. The SMILES string of the molecule is COc1ccc(CNCC(C)(C)C)c(C)c1. The second-order valence-electron chi connectivity index (χ2n) is 5.46. The summed E-state index contributed by atoms with van der Waals surface area (Å²) in [7, 11) is 1.70. The van der Waals surface area contributed by atoms with Crippen LogP contribution in [-0.2, 0) is 6.54 Å². The van der Waals surface area contributed by atoms with Crippen molar-refractivity contribution in [2.75, 3.05) is 13.7 Å². The van der Waals surface area contributed by atoms with E-state index in [0.29, 0.717) is 5.41 Å². The lowest BCUT2D eigenvalue weighted by Gasteiger charge is -2.19. The maximum absolute atomic E-state index is 5.19. The third-order valence-corrected chi connectivity index (χ3v) is 2.52. The molecule has 0 aliphatic carbocycles. The number of rotatable bonds is 4. The topological polar surface area (TPSA) is 21.3 Å². The van der Waals surface area contributed by atoms with E-state index in [9.17, 15) is 0 Å². The van der Waals surface area contributed by atoms with E-state index in [0.717, 1.165) is 18.8 Å². The Morgan fingerprint density at radius 1 is 1.25 bits per heavy atom. The van der Waals surface area contributed by atoms with Gasteiger partial charge in [0.25, 0.3) is 0 Å². The molecule has 1 aromatic carbocycles. The van der Waals surface area contributed by atoms with Crippen LogP contribution in [0.25, 0.3) is 0 Å². The third-order valence-electron chi connectivity index (χ3n) is 2.52. The van der Waals surface area contributed by atoms with Crippen molar-refractivity contribution in [1.82, 2.24) is 5.32 Å². The number of methoxy groups -OCH3 is 1. The summed E-state index contributed by atoms with van der Waals surface area (Å²) in [6, 6.07) is 6.22. The van der Waals surface area contributed by atoms with Crippen molar-refractivity contribution in [2.45, 2.75) is 34.2 Å². The average Bonchev–Trinajstić information content (AvgIpc) is 2.18. The smallest absolute Gasteiger partial charge is 0.119 e. The fourth-order valence-electron chi connectivity index (χ4n) is 1.57. The van der Waals surface area contributed by atoms with Gasteiger partial charge in [0, 0.05) is 13.1 Å². The van der Waals surface area contributed by atoms with E-state index >= 15 is 0 Å². The van der Waals surface area contributed by atoms with Crippen LogP contribution in [0.3, 0.4) is 0 Å². The van der Waals surface area contributed by atoms with Crippen molar-refractivity contribution in [3.8, 4) is 5.75 Å². The summed E-state index contributed by atoms with van der Waals surface area (Å²) in [5.41, 5.74) is 2.95. The third kappa shape index (κ3) is 4.23. The highest BCUT2D eigenvalue weighted by Gasteiger charge is 2.09. The number of benzene rings is 1. The highest BCUT2D eigenvalue weighted by atomic mass is 16.5. The van der Waals surface area contributed by atoms with Gasteiger partial charge in [-0.25, -0.2) is 0 Å². The van der Waals surface area contributed by atoms with Crippen molar-refractivity contribution in [3.05, 3.63) is 29.3 Å². The van der Waals surface area contributed by atoms with E-state index in [1.165, 1.54) is 11.1 Å². The minimum atomic E-state index is 0.334. The molecule has 0 saturated heterocycles. The van der Waals surface area contributed by atoms with Gasteiger partial charge in [-0.3, -0.25) is 0 Å². The highest BCUT2D eigenvalue weighted by molar-refractivity contribution is 5.34. The van der Waals surface area contributed by atoms with Crippen LogP contribution >= 0.6 is 0 Å². The molecule has 2 nitrogen and oxygen atoms in total. The molecule has 1 rings (SSSR count). The van der Waals surface area contributed by atoms with Gasteiger partial charge in [-0.05, 0) is 35.6 Å². The maximum Gasteiger partial charge on any atom is 0.119 e. The number of nitrogens with one attached hydrogen (secondary N) is 1. The van der Waals surface area contributed by atoms with E-state index < -0.39 is 0 Å². The van der Waals surface area contributed by atoms with Crippen molar-refractivity contribution < 1.29 is 4.74 Å². The van der Waals surface area contributed by atoms with E-state index in [-0.39, 0.29) is 0 Å². The van der Waals surface area contributed by atoms with Crippen molar-refractivity contribution >= 4 is 0 Å². The highest BCUT2D eigenvalue weighted by Crippen LogP contribution is 2.17. The summed E-state index contributed by atoms with van der Waals surface area (Å²) >= 11 is 0. The van der Waals surface area contributed by atoms with Crippen LogP contribution in [0, 0.1) is 12.3 Å². The standard InChI is InChI=1S/C14H23NO/c1-11-8-13(16-5)7-6-12(11)9-15-10-14(2,3)4/h6-8,15H,9-10H2,1-5H3. The molecule has 0 aromatic heterocycles. The fraction of sp³-hybridized carbons (Fsp3) is 0.571. The van der Waals surface area contributed by atoms with Gasteiger partial charge >= 0.3 is 0 Å². The molecule has 0 atom stereocenters. The van der Waals surface area contributed by atoms with Gasteiger partial charge in [0.1, 0.15) is 5.75 Å². The Morgan fingerprint density at radius 2 is 1.94 bits per heavy atom. The van der Waals surface area contributed by atoms with E-state index in [4.69, 9.17) is 4.74 Å². The molecule has 0 aliphatic heterocycles. The molecular weight excluding hydrogens is 198 g/mol. The number of aryl methyl sites for hydroxylation is 1. The molecule has 0 radical (unpaired) electrons. The molecular formula is C14H23NO. The predicted octanol–water partition coefficient (Wildman–Crippen LogP) is 3.14. The molecule has 1 aromatic rings. The van der Waals surface area contributed by atoms with Gasteiger partial charge in [0.2, 0.25) is 0 Å².